The summed E-state index contributed by atoms with van der Waals surface area (Å²) < 4.78 is 12.5. The molecule has 2 saturated heterocycles. The van der Waals surface area contributed by atoms with Crippen molar-refractivity contribution < 1.29 is 23.9 Å². The highest BCUT2D eigenvalue weighted by Crippen LogP contribution is 2.62. The van der Waals surface area contributed by atoms with E-state index in [1.165, 1.54) is 5.57 Å². The number of piperidine rings is 1. The summed E-state index contributed by atoms with van der Waals surface area (Å²) in [6, 6.07) is 0. The minimum atomic E-state index is -1.75. The van der Waals surface area contributed by atoms with E-state index in [9.17, 15) is 14.4 Å². The number of unbranched alkanes of at least 4 members (excludes halogenated alkanes) is 2. The van der Waals surface area contributed by atoms with E-state index < -0.39 is 28.7 Å². The summed E-state index contributed by atoms with van der Waals surface area (Å²) in [5.41, 5.74) is 3.60. The van der Waals surface area contributed by atoms with Crippen molar-refractivity contribution in [1.82, 2.24) is 5.32 Å². The van der Waals surface area contributed by atoms with Crippen LogP contribution < -0.4 is 11.1 Å². The predicted octanol–water partition coefficient (Wildman–Crippen LogP) is 5.29. The Balaban J connectivity index is 1.34. The second-order valence-corrected chi connectivity index (χ2v) is 13.3. The van der Waals surface area contributed by atoms with Crippen molar-refractivity contribution in [2.24, 2.45) is 23.5 Å². The van der Waals surface area contributed by atoms with E-state index in [-0.39, 0.29) is 30.1 Å². The summed E-state index contributed by atoms with van der Waals surface area (Å²) in [6.07, 6.45) is 17.5. The number of rotatable bonds is 11. The molecule has 3 aliphatic carbocycles. The first kappa shape index (κ1) is 28.9. The van der Waals surface area contributed by atoms with Crippen LogP contribution in [0.15, 0.2) is 11.6 Å². The Bertz CT molecular complexity index is 972. The highest BCUT2D eigenvalue weighted by Gasteiger charge is 2.87. The number of ether oxygens (including phenoxy) is 2. The number of nitrogens with two attached hydrogens (primary N) is 1. The zero-order chi connectivity index (χ0) is 27.7. The molecular weight excluding hydrogens is 492 g/mol. The molecule has 2 heterocycles. The summed E-state index contributed by atoms with van der Waals surface area (Å²) in [6.45, 7) is 5.21. The molecule has 5 aliphatic rings. The molecular formula is C32H50N2O5. The van der Waals surface area contributed by atoms with Gasteiger partial charge in [0.1, 0.15) is 5.60 Å². The molecule has 0 amide bonds. The first-order chi connectivity index (χ1) is 18.8. The second-order valence-electron chi connectivity index (χ2n) is 13.3. The largest absolute Gasteiger partial charge is 0.457 e. The monoisotopic (exact) mass is 542 g/mol. The zero-order valence-electron chi connectivity index (χ0n) is 24.2. The van der Waals surface area contributed by atoms with Gasteiger partial charge in [0.15, 0.2) is 17.2 Å². The lowest BCUT2D eigenvalue weighted by Crippen LogP contribution is -2.59. The molecule has 2 aliphatic heterocycles. The van der Waals surface area contributed by atoms with Crippen LogP contribution in [0, 0.1) is 17.8 Å². The molecule has 218 valence electrons. The number of Topliss-reactive ketones (excluding diaryl/α,β-unsaturated/α-hetero) is 2. The standard InChI is InChI=1S/C32H50N2O5/c1-3-4-7-16-30(17-8-9-18-30)38-29(37)32-28(36)25-11-6-5-10-24(25)27(35)31(32,39-32)19-14-22(2)12-13-23-15-20-34-26(33)21-23/h14,23-26,34H,3-13,15-21,33H2,1-2H3/t23?,24?,25?,26?,31-,32-/m0/s1. The number of fused-ring (bicyclic) bond motifs is 2. The Hall–Kier alpha value is -1.57. The fourth-order valence-corrected chi connectivity index (χ4v) is 8.16. The van der Waals surface area contributed by atoms with Crippen molar-refractivity contribution in [3.05, 3.63) is 11.6 Å². The molecule has 39 heavy (non-hydrogen) atoms. The highest BCUT2D eigenvalue weighted by molar-refractivity contribution is 6.23. The third kappa shape index (κ3) is 5.40. The van der Waals surface area contributed by atoms with Crippen molar-refractivity contribution in [3.8, 4) is 0 Å². The summed E-state index contributed by atoms with van der Waals surface area (Å²) in [7, 11) is 0. The van der Waals surface area contributed by atoms with Crippen molar-refractivity contribution in [3.63, 3.8) is 0 Å². The zero-order valence-corrected chi connectivity index (χ0v) is 24.2. The lowest BCUT2D eigenvalue weighted by atomic mass is 9.61. The molecule has 7 nitrogen and oxygen atoms in total. The van der Waals surface area contributed by atoms with E-state index in [1.54, 1.807) is 0 Å². The SMILES string of the molecule is CCCCCC1(OC(=O)[C@]23O[C@@]2(CC=C(C)CCC2CCNC(N)C2)C(=O)C2CCCCC2C3=O)CCCC1. The Kier molecular flexibility index (Phi) is 8.71. The number of allylic oxidation sites excluding steroid dienone is 1. The number of hydrogen-bond acceptors (Lipinski definition) is 7. The average Bonchev–Trinajstić information content (AvgIpc) is 3.45. The Morgan fingerprint density at radius 1 is 1.08 bits per heavy atom. The maximum atomic E-state index is 14.0. The molecule has 3 saturated carbocycles. The van der Waals surface area contributed by atoms with Gasteiger partial charge in [0, 0.05) is 18.3 Å². The molecule has 3 N–H and O–H groups in total. The first-order valence-electron chi connectivity index (χ1n) is 15.9. The topological polar surface area (TPSA) is 111 Å². The number of carbonyl (C=O) groups is 3. The van der Waals surface area contributed by atoms with Crippen LogP contribution in [-0.2, 0) is 23.9 Å². The number of epoxide rings is 1. The summed E-state index contributed by atoms with van der Waals surface area (Å²) in [5.74, 6) is -0.965. The molecule has 0 spiro atoms. The van der Waals surface area contributed by atoms with Gasteiger partial charge in [0.25, 0.3) is 5.60 Å². The molecule has 0 aromatic rings. The Morgan fingerprint density at radius 3 is 2.49 bits per heavy atom. The normalized spacial score (nSPS) is 37.8. The van der Waals surface area contributed by atoms with Crippen molar-refractivity contribution in [2.75, 3.05) is 6.54 Å². The van der Waals surface area contributed by atoms with Crippen LogP contribution in [0.5, 0.6) is 0 Å². The first-order valence-corrected chi connectivity index (χ1v) is 15.9. The van der Waals surface area contributed by atoms with Gasteiger partial charge in [0.2, 0.25) is 0 Å². The fraction of sp³-hybridized carbons (Fsp3) is 0.844. The van der Waals surface area contributed by atoms with Gasteiger partial charge in [-0.1, -0.05) is 44.3 Å². The smallest absolute Gasteiger partial charge is 0.350 e. The molecule has 0 aromatic carbocycles. The van der Waals surface area contributed by atoms with Crippen LogP contribution in [0.25, 0.3) is 0 Å². The fourth-order valence-electron chi connectivity index (χ4n) is 8.16. The van der Waals surface area contributed by atoms with Crippen LogP contribution in [0.1, 0.15) is 123 Å². The minimum Gasteiger partial charge on any atom is -0.457 e. The average molecular weight is 543 g/mol. The third-order valence-electron chi connectivity index (χ3n) is 10.6. The van der Waals surface area contributed by atoms with Gasteiger partial charge in [0.05, 0.1) is 6.17 Å². The van der Waals surface area contributed by atoms with Crippen molar-refractivity contribution >= 4 is 17.5 Å². The van der Waals surface area contributed by atoms with Crippen LogP contribution in [0.4, 0.5) is 0 Å². The highest BCUT2D eigenvalue weighted by atomic mass is 16.7. The Labute approximate surface area is 234 Å². The van der Waals surface area contributed by atoms with Gasteiger partial charge in [-0.05, 0) is 96.4 Å². The molecule has 0 bridgehead atoms. The molecule has 5 fully saturated rings. The number of nitrogens with one attached hydrogen (secondary N) is 1. The molecule has 7 heteroatoms. The maximum Gasteiger partial charge on any atom is 0.350 e. The number of hydrogen-bond donors (Lipinski definition) is 2. The van der Waals surface area contributed by atoms with Crippen molar-refractivity contribution in [2.45, 2.75) is 146 Å². The second kappa shape index (κ2) is 11.7. The number of ketones is 2. The molecule has 0 radical (unpaired) electrons. The van der Waals surface area contributed by atoms with Gasteiger partial charge in [-0.25, -0.2) is 4.79 Å². The van der Waals surface area contributed by atoms with Crippen LogP contribution >= 0.6 is 0 Å². The van der Waals surface area contributed by atoms with E-state index in [2.05, 4.69) is 25.2 Å². The summed E-state index contributed by atoms with van der Waals surface area (Å²) >= 11 is 0. The van der Waals surface area contributed by atoms with Gasteiger partial charge < -0.3 is 20.5 Å². The molecule has 6 atom stereocenters. The predicted molar refractivity (Wildman–Crippen MR) is 150 cm³/mol. The van der Waals surface area contributed by atoms with Crippen LogP contribution in [0.2, 0.25) is 0 Å². The van der Waals surface area contributed by atoms with Crippen LogP contribution in [0.3, 0.4) is 0 Å². The van der Waals surface area contributed by atoms with Crippen molar-refractivity contribution in [1.29, 1.82) is 0 Å². The Morgan fingerprint density at radius 2 is 1.79 bits per heavy atom. The van der Waals surface area contributed by atoms with Gasteiger partial charge in [-0.2, -0.15) is 0 Å². The molecule has 5 rings (SSSR count). The van der Waals surface area contributed by atoms with Crippen LogP contribution in [-0.4, -0.2) is 47.0 Å². The third-order valence-corrected chi connectivity index (χ3v) is 10.6. The number of esters is 1. The molecule has 0 aromatic heterocycles. The number of carbonyl (C=O) groups excluding carboxylic acids is 3. The van der Waals surface area contributed by atoms with Gasteiger partial charge in [-0.3, -0.25) is 9.59 Å². The van der Waals surface area contributed by atoms with Gasteiger partial charge in [-0.15, -0.1) is 0 Å². The van der Waals surface area contributed by atoms with E-state index >= 15 is 0 Å². The van der Waals surface area contributed by atoms with E-state index in [0.717, 1.165) is 96.4 Å². The van der Waals surface area contributed by atoms with Gasteiger partial charge >= 0.3 is 5.97 Å². The lowest BCUT2D eigenvalue weighted by molar-refractivity contribution is -0.171. The minimum absolute atomic E-state index is 0.0383. The lowest BCUT2D eigenvalue weighted by Gasteiger charge is -2.38. The quantitative estimate of drug-likeness (QED) is 0.120. The molecule has 4 unspecified atom stereocenters. The van der Waals surface area contributed by atoms with E-state index in [1.807, 2.05) is 0 Å². The summed E-state index contributed by atoms with van der Waals surface area (Å²) in [4.78, 5) is 42.1. The van der Waals surface area contributed by atoms with E-state index in [0.29, 0.717) is 18.8 Å². The summed E-state index contributed by atoms with van der Waals surface area (Å²) in [5, 5.41) is 3.30. The maximum absolute atomic E-state index is 14.0. The van der Waals surface area contributed by atoms with E-state index in [4.69, 9.17) is 15.2 Å².